The Bertz CT molecular complexity index is 2410. The molecule has 8 bridgehead atoms. The number of nitrogens with zero attached hydrogens (tertiary/aromatic N) is 2. The van der Waals surface area contributed by atoms with Gasteiger partial charge in [-0.3, -0.25) is 0 Å². The van der Waals surface area contributed by atoms with Gasteiger partial charge in [-0.1, -0.05) is 13.8 Å². The molecule has 0 radical (unpaired) electrons. The first-order chi connectivity index (χ1) is 26.1. The number of H-pyrrole nitrogens is 2. The van der Waals surface area contributed by atoms with E-state index in [1.807, 2.05) is 48.5 Å². The number of aryl methyl sites for hydroxylation is 4. The zero-order valence-corrected chi connectivity index (χ0v) is 32.5. The van der Waals surface area contributed by atoms with E-state index in [4.69, 9.17) is 30.9 Å². The molecule has 2 aromatic carbocycles. The van der Waals surface area contributed by atoms with Gasteiger partial charge >= 0.3 is 0 Å². The number of rotatable bonds is 12. The van der Waals surface area contributed by atoms with Gasteiger partial charge in [0.25, 0.3) is 0 Å². The molecule has 8 heteroatoms. The zero-order chi connectivity index (χ0) is 37.9. The summed E-state index contributed by atoms with van der Waals surface area (Å²) in [7, 11) is 0. The van der Waals surface area contributed by atoms with E-state index in [2.05, 4.69) is 75.8 Å². The molecule has 3 aromatic heterocycles. The standard InChI is InChI=1S/C46H52N6O2/c1-7-35-27(3)39-23-40-29(5)37(11-9-21-53-33-17-13-31(47)14-18-33)45(51-40)26-46-38(12-10-22-54-34-19-15-32(48)16-20-34)30(6)42(52-46)25-44-36(8-2)28(4)41(50-44)24-43(35)49-39/h13-20,23-26,49-50H,7-12,21-22,47-48H2,1-6H3. The highest BCUT2D eigenvalue weighted by atomic mass is 16.5. The summed E-state index contributed by atoms with van der Waals surface area (Å²) in [5.41, 5.74) is 31.5. The maximum atomic E-state index is 6.10. The number of aromatic nitrogens is 4. The minimum Gasteiger partial charge on any atom is -0.494 e. The van der Waals surface area contributed by atoms with Crippen LogP contribution in [0.4, 0.5) is 11.4 Å². The van der Waals surface area contributed by atoms with Crippen LogP contribution < -0.4 is 20.9 Å². The van der Waals surface area contributed by atoms with Crippen LogP contribution in [0.5, 0.6) is 11.5 Å². The van der Waals surface area contributed by atoms with Crippen molar-refractivity contribution in [1.29, 1.82) is 0 Å². The fourth-order valence-corrected chi connectivity index (χ4v) is 7.76. The first-order valence-electron chi connectivity index (χ1n) is 19.2. The zero-order valence-electron chi connectivity index (χ0n) is 32.5. The highest BCUT2D eigenvalue weighted by molar-refractivity contribution is 5.95. The predicted octanol–water partition coefficient (Wildman–Crippen LogP) is 10.8. The third-order valence-electron chi connectivity index (χ3n) is 10.9. The van der Waals surface area contributed by atoms with Crippen LogP contribution in [0.15, 0.2) is 72.8 Å². The molecule has 5 aromatic rings. The van der Waals surface area contributed by atoms with Crippen molar-refractivity contribution in [2.45, 2.75) is 80.1 Å². The second kappa shape index (κ2) is 15.7. The maximum absolute atomic E-state index is 6.10. The van der Waals surface area contributed by atoms with E-state index in [0.717, 1.165) is 106 Å². The normalized spacial score (nSPS) is 12.9. The van der Waals surface area contributed by atoms with Crippen molar-refractivity contribution in [3.05, 3.63) is 118 Å². The summed E-state index contributed by atoms with van der Waals surface area (Å²) < 4.78 is 12.2. The lowest BCUT2D eigenvalue weighted by Gasteiger charge is -2.09. The molecule has 0 spiro atoms. The number of nitrogens with one attached hydrogen (secondary N) is 2. The molecule has 0 aliphatic carbocycles. The SMILES string of the molecule is CCc1c(C)c2cc3[nH]c(cc4nc(cc5nc(cc1[nH]2)C(C)=C5CCCOc1ccc(N)cc1)C(CCCOc1ccc(N)cc1)=C4C)c(C)c3CC. The van der Waals surface area contributed by atoms with Crippen LogP contribution >= 0.6 is 0 Å². The van der Waals surface area contributed by atoms with Crippen LogP contribution in [-0.2, 0) is 12.8 Å². The van der Waals surface area contributed by atoms with Gasteiger partial charge in [-0.2, -0.15) is 0 Å². The Morgan fingerprint density at radius 3 is 1.37 bits per heavy atom. The van der Waals surface area contributed by atoms with Crippen LogP contribution in [-0.4, -0.2) is 33.1 Å². The van der Waals surface area contributed by atoms with Gasteiger partial charge < -0.3 is 30.9 Å². The number of benzene rings is 2. The molecule has 8 nitrogen and oxygen atoms in total. The van der Waals surface area contributed by atoms with Gasteiger partial charge in [-0.05, 0) is 184 Å². The molecule has 0 atom stereocenters. The Hall–Kier alpha value is -5.76. The Balaban J connectivity index is 1.34. The molecule has 7 rings (SSSR count). The molecule has 2 aliphatic rings. The summed E-state index contributed by atoms with van der Waals surface area (Å²) in [6.07, 6.45) is 5.18. The lowest BCUT2D eigenvalue weighted by Crippen LogP contribution is -1.99. The highest BCUT2D eigenvalue weighted by Crippen LogP contribution is 2.38. The van der Waals surface area contributed by atoms with Crippen molar-refractivity contribution in [1.82, 2.24) is 19.9 Å². The molecular formula is C46H52N6O2. The topological polar surface area (TPSA) is 128 Å². The quantitative estimate of drug-likeness (QED) is 0.0750. The van der Waals surface area contributed by atoms with Crippen molar-refractivity contribution >= 4 is 55.7 Å². The summed E-state index contributed by atoms with van der Waals surface area (Å²) in [5.74, 6) is 1.64. The summed E-state index contributed by atoms with van der Waals surface area (Å²) in [6.45, 7) is 14.5. The van der Waals surface area contributed by atoms with Crippen molar-refractivity contribution in [3.8, 4) is 11.5 Å². The van der Waals surface area contributed by atoms with Gasteiger partial charge in [0.1, 0.15) is 11.5 Å². The van der Waals surface area contributed by atoms with Crippen molar-refractivity contribution in [2.24, 2.45) is 0 Å². The number of aromatic amines is 2. The number of fused-ring (bicyclic) bond motifs is 8. The third-order valence-corrected chi connectivity index (χ3v) is 10.9. The van der Waals surface area contributed by atoms with Crippen molar-refractivity contribution in [3.63, 3.8) is 0 Å². The largest absolute Gasteiger partial charge is 0.494 e. The molecule has 278 valence electrons. The number of hydrogen-bond acceptors (Lipinski definition) is 6. The second-order valence-corrected chi connectivity index (χ2v) is 14.4. The molecule has 6 N–H and O–H groups in total. The summed E-state index contributed by atoms with van der Waals surface area (Å²) in [5, 5.41) is 0. The molecular weight excluding hydrogens is 669 g/mol. The number of allylic oxidation sites excluding steroid dienone is 4. The van der Waals surface area contributed by atoms with Crippen LogP contribution in [0.3, 0.4) is 0 Å². The van der Waals surface area contributed by atoms with Crippen LogP contribution in [0.1, 0.15) is 98.4 Å². The van der Waals surface area contributed by atoms with E-state index in [0.29, 0.717) is 13.2 Å². The van der Waals surface area contributed by atoms with Gasteiger partial charge in [0.05, 0.1) is 36.0 Å². The van der Waals surface area contributed by atoms with Gasteiger partial charge in [0, 0.05) is 33.4 Å². The summed E-state index contributed by atoms with van der Waals surface area (Å²) >= 11 is 0. The monoisotopic (exact) mass is 720 g/mol. The molecule has 2 aliphatic heterocycles. The lowest BCUT2D eigenvalue weighted by atomic mass is 9.98. The Morgan fingerprint density at radius 2 is 0.926 bits per heavy atom. The van der Waals surface area contributed by atoms with E-state index in [1.165, 1.54) is 44.5 Å². The minimum atomic E-state index is 0.588. The van der Waals surface area contributed by atoms with Gasteiger partial charge in [0.2, 0.25) is 0 Å². The molecule has 0 saturated heterocycles. The fourth-order valence-electron chi connectivity index (χ4n) is 7.76. The van der Waals surface area contributed by atoms with Gasteiger partial charge in [-0.15, -0.1) is 0 Å². The summed E-state index contributed by atoms with van der Waals surface area (Å²) in [4.78, 5) is 18.2. The van der Waals surface area contributed by atoms with E-state index >= 15 is 0 Å². The van der Waals surface area contributed by atoms with Gasteiger partial charge in [0.15, 0.2) is 0 Å². The Labute approximate surface area is 318 Å². The summed E-state index contributed by atoms with van der Waals surface area (Å²) in [6, 6.07) is 24.1. The molecule has 0 unspecified atom stereocenters. The van der Waals surface area contributed by atoms with Gasteiger partial charge in [-0.25, -0.2) is 9.97 Å². The molecule has 0 saturated carbocycles. The van der Waals surface area contributed by atoms with E-state index < -0.39 is 0 Å². The molecule has 5 heterocycles. The number of anilines is 2. The fraction of sp³-hybridized carbons (Fsp3) is 0.304. The number of ether oxygens (including phenoxy) is 2. The van der Waals surface area contributed by atoms with Crippen molar-refractivity contribution < 1.29 is 9.47 Å². The molecule has 54 heavy (non-hydrogen) atoms. The van der Waals surface area contributed by atoms with Crippen molar-refractivity contribution in [2.75, 3.05) is 24.7 Å². The number of nitrogen functional groups attached to an aromatic ring is 2. The highest BCUT2D eigenvalue weighted by Gasteiger charge is 2.22. The van der Waals surface area contributed by atoms with E-state index in [9.17, 15) is 0 Å². The Kier molecular flexibility index (Phi) is 10.6. The predicted molar refractivity (Wildman–Crippen MR) is 225 cm³/mol. The van der Waals surface area contributed by atoms with Crippen LogP contribution in [0.2, 0.25) is 0 Å². The number of hydrogen-bond donors (Lipinski definition) is 4. The molecule has 0 amide bonds. The number of nitrogens with two attached hydrogens (primary N) is 2. The van der Waals surface area contributed by atoms with E-state index in [-0.39, 0.29) is 0 Å². The first-order valence-corrected chi connectivity index (χ1v) is 19.2. The third kappa shape index (κ3) is 7.51. The maximum Gasteiger partial charge on any atom is 0.119 e. The van der Waals surface area contributed by atoms with Crippen LogP contribution in [0, 0.1) is 13.8 Å². The van der Waals surface area contributed by atoms with Crippen LogP contribution in [0.25, 0.3) is 44.4 Å². The Morgan fingerprint density at radius 1 is 0.519 bits per heavy atom. The smallest absolute Gasteiger partial charge is 0.119 e. The average Bonchev–Trinajstić information content (AvgIpc) is 3.82. The molecule has 0 fully saturated rings. The first kappa shape index (κ1) is 36.6. The second-order valence-electron chi connectivity index (χ2n) is 14.4. The van der Waals surface area contributed by atoms with E-state index in [1.54, 1.807) is 0 Å². The lowest BCUT2D eigenvalue weighted by molar-refractivity contribution is 0.313. The average molecular weight is 721 g/mol. The minimum absolute atomic E-state index is 0.588.